The predicted octanol–water partition coefficient (Wildman–Crippen LogP) is 4.67. The Morgan fingerprint density at radius 3 is 2.73 bits per heavy atom. The van der Waals surface area contributed by atoms with E-state index >= 15 is 0 Å². The molecule has 26 heavy (non-hydrogen) atoms. The average Bonchev–Trinajstić information content (AvgIpc) is 2.66. The fourth-order valence-electron chi connectivity index (χ4n) is 2.07. The summed E-state index contributed by atoms with van der Waals surface area (Å²) in [7, 11) is 1.63. The lowest BCUT2D eigenvalue weighted by atomic mass is 10.2. The summed E-state index contributed by atoms with van der Waals surface area (Å²) in [5.74, 6) is 2.21. The Bertz CT molecular complexity index is 767. The molecule has 0 spiro atoms. The van der Waals surface area contributed by atoms with Gasteiger partial charge in [0.15, 0.2) is 16.7 Å². The highest BCUT2D eigenvalue weighted by molar-refractivity contribution is 14.1. The van der Waals surface area contributed by atoms with Crippen LogP contribution in [0.25, 0.3) is 0 Å². The van der Waals surface area contributed by atoms with Gasteiger partial charge < -0.3 is 15.2 Å². The van der Waals surface area contributed by atoms with E-state index in [0.29, 0.717) is 17.5 Å². The van der Waals surface area contributed by atoms with E-state index in [-0.39, 0.29) is 0 Å². The van der Waals surface area contributed by atoms with Gasteiger partial charge in [-0.2, -0.15) is 5.10 Å². The highest BCUT2D eigenvalue weighted by Crippen LogP contribution is 2.33. The summed E-state index contributed by atoms with van der Waals surface area (Å²) in [6, 6.07) is 14.0. The Morgan fingerprint density at radius 1 is 1.27 bits per heavy atom. The number of hydrogen-bond acceptors (Lipinski definition) is 5. The van der Waals surface area contributed by atoms with Gasteiger partial charge in [-0.25, -0.2) is 0 Å². The van der Waals surface area contributed by atoms with Crippen LogP contribution in [0.2, 0.25) is 0 Å². The molecule has 0 bridgehead atoms. The van der Waals surface area contributed by atoms with Crippen molar-refractivity contribution in [3.05, 3.63) is 57.2 Å². The summed E-state index contributed by atoms with van der Waals surface area (Å²) >= 11 is 3.68. The first kappa shape index (κ1) is 20.6. The molecule has 0 fully saturated rings. The molecule has 0 aromatic heterocycles. The van der Waals surface area contributed by atoms with Gasteiger partial charge in [0.1, 0.15) is 0 Å². The zero-order chi connectivity index (χ0) is 18.8. The zero-order valence-electron chi connectivity index (χ0n) is 14.8. The number of nitrogens with two attached hydrogens (primary N) is 1. The Labute approximate surface area is 172 Å². The van der Waals surface area contributed by atoms with Crippen molar-refractivity contribution in [3.63, 3.8) is 0 Å². The Balaban J connectivity index is 2.01. The minimum atomic E-state index is 0.426. The van der Waals surface area contributed by atoms with E-state index in [9.17, 15) is 0 Å². The monoisotopic (exact) mass is 483 g/mol. The average molecular weight is 483 g/mol. The van der Waals surface area contributed by atoms with Crippen molar-refractivity contribution in [1.29, 1.82) is 0 Å². The van der Waals surface area contributed by atoms with Gasteiger partial charge in [0, 0.05) is 5.75 Å². The number of amidine groups is 1. The topological polar surface area (TPSA) is 69.2 Å². The third kappa shape index (κ3) is 6.53. The van der Waals surface area contributed by atoms with E-state index < -0.39 is 0 Å². The largest absolute Gasteiger partial charge is 0.493 e. The number of benzene rings is 2. The maximum Gasteiger partial charge on any atom is 0.180 e. The number of rotatable bonds is 8. The van der Waals surface area contributed by atoms with Crippen LogP contribution in [0.4, 0.5) is 0 Å². The summed E-state index contributed by atoms with van der Waals surface area (Å²) in [4.78, 5) is 0. The molecule has 2 N–H and O–H groups in total. The number of methoxy groups -OCH3 is 1. The molecule has 138 valence electrons. The van der Waals surface area contributed by atoms with E-state index in [4.69, 9.17) is 15.2 Å². The fraction of sp³-hybridized carbons (Fsp3) is 0.263. The summed E-state index contributed by atoms with van der Waals surface area (Å²) in [6.07, 6.45) is 2.60. The molecule has 0 unspecified atom stereocenters. The molecular formula is C19H22IN3O2S. The van der Waals surface area contributed by atoms with Gasteiger partial charge in [-0.05, 0) is 52.3 Å². The highest BCUT2D eigenvalue weighted by atomic mass is 127. The first-order chi connectivity index (χ1) is 12.6. The van der Waals surface area contributed by atoms with Crippen LogP contribution in [0.5, 0.6) is 11.5 Å². The molecule has 0 aliphatic rings. The molecule has 0 saturated heterocycles. The minimum absolute atomic E-state index is 0.426. The van der Waals surface area contributed by atoms with Gasteiger partial charge in [-0.3, -0.25) is 0 Å². The second-order valence-corrected chi connectivity index (χ2v) is 7.50. The van der Waals surface area contributed by atoms with E-state index in [1.165, 1.54) is 17.3 Å². The molecule has 5 nitrogen and oxygen atoms in total. The first-order valence-electron chi connectivity index (χ1n) is 8.17. The number of halogens is 1. The summed E-state index contributed by atoms with van der Waals surface area (Å²) < 4.78 is 12.1. The molecule has 0 aliphatic carbocycles. The summed E-state index contributed by atoms with van der Waals surface area (Å²) in [6.45, 7) is 2.72. The van der Waals surface area contributed by atoms with Crippen LogP contribution in [-0.2, 0) is 5.75 Å². The molecule has 0 heterocycles. The van der Waals surface area contributed by atoms with Gasteiger partial charge in [-0.1, -0.05) is 49.0 Å². The van der Waals surface area contributed by atoms with Crippen LogP contribution >= 0.6 is 34.4 Å². The van der Waals surface area contributed by atoms with Crippen LogP contribution in [-0.4, -0.2) is 25.1 Å². The second kappa shape index (κ2) is 11.1. The predicted molar refractivity (Wildman–Crippen MR) is 118 cm³/mol. The molecule has 2 rings (SSSR count). The lowest BCUT2D eigenvalue weighted by Gasteiger charge is -2.12. The molecule has 2 aromatic rings. The third-order valence-corrected chi connectivity index (χ3v) is 4.95. The highest BCUT2D eigenvalue weighted by Gasteiger charge is 2.10. The maximum atomic E-state index is 5.90. The van der Waals surface area contributed by atoms with Gasteiger partial charge >= 0.3 is 0 Å². The van der Waals surface area contributed by atoms with Gasteiger partial charge in [0.25, 0.3) is 0 Å². The van der Waals surface area contributed by atoms with Gasteiger partial charge in [0.2, 0.25) is 0 Å². The van der Waals surface area contributed by atoms with Crippen LogP contribution < -0.4 is 15.2 Å². The Kier molecular flexibility index (Phi) is 8.76. The summed E-state index contributed by atoms with van der Waals surface area (Å²) in [5.41, 5.74) is 7.97. The number of nitrogens with zero attached hydrogens (tertiary/aromatic N) is 2. The van der Waals surface area contributed by atoms with E-state index in [2.05, 4.69) is 51.9 Å². The standard InChI is InChI=1S/C19H22IN3O2S/c1-3-9-25-18-16(20)10-15(11-17(18)24-2)12-22-23-19(21)26-13-14-7-5-4-6-8-14/h4-8,10-12H,3,9,13H2,1-2H3,(H2,21,23). The van der Waals surface area contributed by atoms with Crippen molar-refractivity contribution in [2.24, 2.45) is 15.9 Å². The van der Waals surface area contributed by atoms with Crippen molar-refractivity contribution in [2.75, 3.05) is 13.7 Å². The Morgan fingerprint density at radius 2 is 2.04 bits per heavy atom. The SMILES string of the molecule is CCCOc1c(I)cc(C=NN=C(N)SCc2ccccc2)cc1OC. The maximum absolute atomic E-state index is 5.90. The van der Waals surface area contributed by atoms with Crippen molar-refractivity contribution < 1.29 is 9.47 Å². The van der Waals surface area contributed by atoms with Crippen molar-refractivity contribution in [3.8, 4) is 11.5 Å². The fourth-order valence-corrected chi connectivity index (χ4v) is 3.46. The first-order valence-corrected chi connectivity index (χ1v) is 10.2. The minimum Gasteiger partial charge on any atom is -0.493 e. The molecule has 2 aromatic carbocycles. The zero-order valence-corrected chi connectivity index (χ0v) is 17.8. The lowest BCUT2D eigenvalue weighted by molar-refractivity contribution is 0.292. The number of hydrogen-bond donors (Lipinski definition) is 1. The Hall–Kier alpha value is -1.74. The van der Waals surface area contributed by atoms with E-state index in [0.717, 1.165) is 27.1 Å². The van der Waals surface area contributed by atoms with Crippen LogP contribution in [0, 0.1) is 3.57 Å². The van der Waals surface area contributed by atoms with Crippen molar-refractivity contribution >= 4 is 45.7 Å². The van der Waals surface area contributed by atoms with Crippen LogP contribution in [0.1, 0.15) is 24.5 Å². The smallest absolute Gasteiger partial charge is 0.180 e. The lowest BCUT2D eigenvalue weighted by Crippen LogP contribution is -2.06. The third-order valence-electron chi connectivity index (χ3n) is 3.29. The molecule has 0 saturated carbocycles. The van der Waals surface area contributed by atoms with Gasteiger partial charge in [-0.15, -0.1) is 5.10 Å². The molecule has 0 radical (unpaired) electrons. The summed E-state index contributed by atoms with van der Waals surface area (Å²) in [5, 5.41) is 8.55. The molecule has 0 aliphatic heterocycles. The quantitative estimate of drug-likeness (QED) is 0.257. The van der Waals surface area contributed by atoms with E-state index in [1.807, 2.05) is 30.3 Å². The van der Waals surface area contributed by atoms with Crippen molar-refractivity contribution in [1.82, 2.24) is 0 Å². The van der Waals surface area contributed by atoms with Crippen molar-refractivity contribution in [2.45, 2.75) is 19.1 Å². The second-order valence-electron chi connectivity index (χ2n) is 5.34. The molecular weight excluding hydrogens is 461 g/mol. The number of thioether (sulfide) groups is 1. The van der Waals surface area contributed by atoms with Crippen LogP contribution in [0.15, 0.2) is 52.7 Å². The normalized spacial score (nSPS) is 11.7. The van der Waals surface area contributed by atoms with Gasteiger partial charge in [0.05, 0.1) is 23.5 Å². The number of ether oxygens (including phenoxy) is 2. The van der Waals surface area contributed by atoms with E-state index in [1.54, 1.807) is 13.3 Å². The van der Waals surface area contributed by atoms with Crippen LogP contribution in [0.3, 0.4) is 0 Å². The molecule has 0 amide bonds. The molecule has 7 heteroatoms. The molecule has 0 atom stereocenters.